The number of ether oxygens (including phenoxy) is 1. The lowest BCUT2D eigenvalue weighted by molar-refractivity contribution is 0.184. The van der Waals surface area contributed by atoms with E-state index in [0.717, 1.165) is 18.6 Å². The van der Waals surface area contributed by atoms with Crippen molar-refractivity contribution in [2.45, 2.75) is 44.6 Å². The first-order valence-electron chi connectivity index (χ1n) is 5.73. The number of hydrogen-bond acceptors (Lipinski definition) is 3. The minimum atomic E-state index is 0.332. The second-order valence-electron chi connectivity index (χ2n) is 4.12. The smallest absolute Gasteiger partial charge is 0.166 e. The molecule has 1 aliphatic rings. The van der Waals surface area contributed by atoms with E-state index in [1.54, 1.807) is 6.20 Å². The number of nitrogens with two attached hydrogens (primary N) is 1. The molecule has 82 valence electrons. The number of aromatic nitrogens is 1. The predicted molar refractivity (Wildman–Crippen MR) is 60.8 cm³/mol. The summed E-state index contributed by atoms with van der Waals surface area (Å²) in [5.41, 5.74) is 5.74. The zero-order chi connectivity index (χ0) is 10.5. The van der Waals surface area contributed by atoms with Gasteiger partial charge in [0.2, 0.25) is 0 Å². The molecule has 2 N–H and O–H groups in total. The van der Waals surface area contributed by atoms with E-state index in [0.29, 0.717) is 11.9 Å². The molecule has 0 saturated heterocycles. The molecule has 0 radical (unpaired) electrons. The quantitative estimate of drug-likeness (QED) is 0.757. The predicted octanol–water partition coefficient (Wildman–Crippen LogP) is 2.77. The molecule has 15 heavy (non-hydrogen) atoms. The summed E-state index contributed by atoms with van der Waals surface area (Å²) in [7, 11) is 0. The molecule has 0 spiro atoms. The van der Waals surface area contributed by atoms with Crippen molar-refractivity contribution >= 4 is 5.82 Å². The Morgan fingerprint density at radius 2 is 1.93 bits per heavy atom. The van der Waals surface area contributed by atoms with Gasteiger partial charge in [-0.05, 0) is 37.8 Å². The van der Waals surface area contributed by atoms with E-state index in [-0.39, 0.29) is 0 Å². The largest absolute Gasteiger partial charge is 0.487 e. The average Bonchev–Trinajstić information content (AvgIpc) is 2.50. The second-order valence-corrected chi connectivity index (χ2v) is 4.12. The summed E-state index contributed by atoms with van der Waals surface area (Å²) in [4.78, 5) is 4.02. The van der Waals surface area contributed by atoms with Gasteiger partial charge in [-0.25, -0.2) is 4.98 Å². The first kappa shape index (κ1) is 10.3. The van der Waals surface area contributed by atoms with Gasteiger partial charge in [0.05, 0.1) is 6.10 Å². The highest BCUT2D eigenvalue weighted by atomic mass is 16.5. The van der Waals surface area contributed by atoms with Crippen LogP contribution in [-0.4, -0.2) is 11.1 Å². The van der Waals surface area contributed by atoms with E-state index in [1.165, 1.54) is 25.7 Å². The molecule has 3 heteroatoms. The SMILES string of the molecule is Nc1ncccc1OC1CCCCCC1. The van der Waals surface area contributed by atoms with Gasteiger partial charge in [-0.3, -0.25) is 0 Å². The van der Waals surface area contributed by atoms with Crippen LogP contribution in [0.3, 0.4) is 0 Å². The van der Waals surface area contributed by atoms with Crippen molar-refractivity contribution in [3.05, 3.63) is 18.3 Å². The first-order valence-corrected chi connectivity index (χ1v) is 5.73. The van der Waals surface area contributed by atoms with Crippen molar-refractivity contribution in [3.8, 4) is 5.75 Å². The molecule has 1 aromatic rings. The third-order valence-electron chi connectivity index (χ3n) is 2.90. The number of rotatable bonds is 2. The lowest BCUT2D eigenvalue weighted by atomic mass is 10.1. The topological polar surface area (TPSA) is 48.1 Å². The molecular weight excluding hydrogens is 188 g/mol. The molecule has 0 unspecified atom stereocenters. The number of pyridine rings is 1. The van der Waals surface area contributed by atoms with Crippen LogP contribution in [-0.2, 0) is 0 Å². The summed E-state index contributed by atoms with van der Waals surface area (Å²) >= 11 is 0. The third-order valence-corrected chi connectivity index (χ3v) is 2.90. The van der Waals surface area contributed by atoms with Gasteiger partial charge in [0, 0.05) is 6.20 Å². The van der Waals surface area contributed by atoms with Crippen molar-refractivity contribution in [1.29, 1.82) is 0 Å². The molecule has 2 rings (SSSR count). The van der Waals surface area contributed by atoms with Crippen LogP contribution < -0.4 is 10.5 Å². The van der Waals surface area contributed by atoms with E-state index in [2.05, 4.69) is 4.98 Å². The van der Waals surface area contributed by atoms with Crippen LogP contribution in [0.15, 0.2) is 18.3 Å². The molecule has 1 aromatic heterocycles. The van der Waals surface area contributed by atoms with Crippen LogP contribution in [0, 0.1) is 0 Å². The molecule has 0 aromatic carbocycles. The number of nitrogen functional groups attached to an aromatic ring is 1. The van der Waals surface area contributed by atoms with Crippen LogP contribution in [0.25, 0.3) is 0 Å². The minimum absolute atomic E-state index is 0.332. The molecule has 1 saturated carbocycles. The van der Waals surface area contributed by atoms with E-state index < -0.39 is 0 Å². The van der Waals surface area contributed by atoms with E-state index in [1.807, 2.05) is 12.1 Å². The van der Waals surface area contributed by atoms with Gasteiger partial charge in [-0.15, -0.1) is 0 Å². The zero-order valence-electron chi connectivity index (χ0n) is 8.98. The molecule has 0 aliphatic heterocycles. The molecule has 0 bridgehead atoms. The Hall–Kier alpha value is -1.25. The second kappa shape index (κ2) is 5.01. The Morgan fingerprint density at radius 3 is 2.60 bits per heavy atom. The maximum absolute atomic E-state index is 5.88. The number of hydrogen-bond donors (Lipinski definition) is 1. The van der Waals surface area contributed by atoms with Gasteiger partial charge < -0.3 is 10.5 Å². The third kappa shape index (κ3) is 2.85. The summed E-state index contributed by atoms with van der Waals surface area (Å²) in [5, 5.41) is 0. The molecule has 1 heterocycles. The fourth-order valence-corrected chi connectivity index (χ4v) is 2.04. The minimum Gasteiger partial charge on any atom is -0.487 e. The maximum atomic E-state index is 5.88. The Balaban J connectivity index is 1.98. The summed E-state index contributed by atoms with van der Waals surface area (Å²) in [6.45, 7) is 0. The van der Waals surface area contributed by atoms with Crippen molar-refractivity contribution in [3.63, 3.8) is 0 Å². The monoisotopic (exact) mass is 206 g/mol. The lowest BCUT2D eigenvalue weighted by Gasteiger charge is -2.17. The molecule has 3 nitrogen and oxygen atoms in total. The Bertz CT molecular complexity index is 306. The fourth-order valence-electron chi connectivity index (χ4n) is 2.04. The molecule has 0 atom stereocenters. The Kier molecular flexibility index (Phi) is 3.43. The number of anilines is 1. The van der Waals surface area contributed by atoms with Gasteiger partial charge in [0.1, 0.15) is 0 Å². The van der Waals surface area contributed by atoms with Gasteiger partial charge in [-0.2, -0.15) is 0 Å². The number of nitrogens with zero attached hydrogens (tertiary/aromatic N) is 1. The first-order chi connectivity index (χ1) is 7.36. The molecule has 1 aliphatic carbocycles. The van der Waals surface area contributed by atoms with Crippen molar-refractivity contribution in [2.75, 3.05) is 5.73 Å². The van der Waals surface area contributed by atoms with Crippen LogP contribution in [0.2, 0.25) is 0 Å². The highest BCUT2D eigenvalue weighted by Crippen LogP contribution is 2.25. The average molecular weight is 206 g/mol. The van der Waals surface area contributed by atoms with E-state index >= 15 is 0 Å². The van der Waals surface area contributed by atoms with Gasteiger partial charge in [-0.1, -0.05) is 12.8 Å². The molecule has 0 amide bonds. The lowest BCUT2D eigenvalue weighted by Crippen LogP contribution is -2.16. The zero-order valence-corrected chi connectivity index (χ0v) is 8.98. The molecular formula is C12H18N2O. The maximum Gasteiger partial charge on any atom is 0.166 e. The van der Waals surface area contributed by atoms with Crippen molar-refractivity contribution in [2.24, 2.45) is 0 Å². The van der Waals surface area contributed by atoms with E-state index in [9.17, 15) is 0 Å². The van der Waals surface area contributed by atoms with Crippen LogP contribution >= 0.6 is 0 Å². The Morgan fingerprint density at radius 1 is 1.20 bits per heavy atom. The normalized spacial score (nSPS) is 18.4. The summed E-state index contributed by atoms with van der Waals surface area (Å²) in [6.07, 6.45) is 9.53. The van der Waals surface area contributed by atoms with Crippen molar-refractivity contribution in [1.82, 2.24) is 4.98 Å². The molecule has 1 fully saturated rings. The summed E-state index contributed by atoms with van der Waals surface area (Å²) in [6, 6.07) is 3.76. The van der Waals surface area contributed by atoms with Crippen molar-refractivity contribution < 1.29 is 4.74 Å². The van der Waals surface area contributed by atoms with E-state index in [4.69, 9.17) is 10.5 Å². The fraction of sp³-hybridized carbons (Fsp3) is 0.583. The highest BCUT2D eigenvalue weighted by molar-refractivity contribution is 5.44. The Labute approximate surface area is 90.7 Å². The summed E-state index contributed by atoms with van der Waals surface area (Å²) in [5.74, 6) is 1.24. The van der Waals surface area contributed by atoms with Crippen LogP contribution in [0.4, 0.5) is 5.82 Å². The van der Waals surface area contributed by atoms with Crippen LogP contribution in [0.5, 0.6) is 5.75 Å². The van der Waals surface area contributed by atoms with Gasteiger partial charge in [0.25, 0.3) is 0 Å². The summed E-state index contributed by atoms with van der Waals surface area (Å²) < 4.78 is 5.88. The van der Waals surface area contributed by atoms with Gasteiger partial charge >= 0.3 is 0 Å². The standard InChI is InChI=1S/C12H18N2O/c13-12-11(8-5-9-14-12)15-10-6-3-1-2-4-7-10/h5,8-10H,1-4,6-7H2,(H2,13,14). The highest BCUT2D eigenvalue weighted by Gasteiger charge is 2.14. The van der Waals surface area contributed by atoms with Crippen LogP contribution in [0.1, 0.15) is 38.5 Å². The van der Waals surface area contributed by atoms with Gasteiger partial charge in [0.15, 0.2) is 11.6 Å².